The van der Waals surface area contributed by atoms with E-state index in [9.17, 15) is 33.9 Å². The number of hydrogen-bond acceptors (Lipinski definition) is 7. The Hall–Kier alpha value is -3.22. The fourth-order valence-corrected chi connectivity index (χ4v) is 2.66. The number of amides is 5. The van der Waals surface area contributed by atoms with E-state index in [0.29, 0.717) is 0 Å². The van der Waals surface area contributed by atoms with Gasteiger partial charge < -0.3 is 38.3 Å². The largest absolute Gasteiger partial charge is 0.480 e. The van der Waals surface area contributed by atoms with Crippen LogP contribution in [-0.2, 0) is 28.8 Å². The second kappa shape index (κ2) is 13.2. The molecule has 4 atom stereocenters. The lowest BCUT2D eigenvalue weighted by molar-refractivity contribution is -0.144. The molecule has 0 rings (SSSR count). The van der Waals surface area contributed by atoms with Crippen molar-refractivity contribution in [2.24, 2.45) is 29.0 Å². The Morgan fingerprint density at radius 3 is 1.66 bits per heavy atom. The standard InChI is InChI=1S/C19H34N6O7/c1-8(2)14(18(30)25-15(9(3)4)19(31)32)24-17(29)11(7-13(22)27)23-16(28)10(20)5-6-12(21)26/h8-11,14-15H,5-7,20H2,1-4H3,(H2,21,26)(H2,22,27)(H,23,28)(H,24,29)(H,25,30)(H,31,32). The third-order valence-electron chi connectivity index (χ3n) is 4.55. The first-order chi connectivity index (χ1) is 14.7. The zero-order valence-electron chi connectivity index (χ0n) is 18.7. The van der Waals surface area contributed by atoms with Crippen LogP contribution >= 0.6 is 0 Å². The van der Waals surface area contributed by atoms with Crippen LogP contribution in [0.15, 0.2) is 0 Å². The quantitative estimate of drug-likeness (QED) is 0.144. The van der Waals surface area contributed by atoms with Crippen molar-refractivity contribution in [2.75, 3.05) is 0 Å². The molecule has 0 aromatic rings. The summed E-state index contributed by atoms with van der Waals surface area (Å²) in [6, 6.07) is -4.93. The summed E-state index contributed by atoms with van der Waals surface area (Å²) < 4.78 is 0. The fourth-order valence-electron chi connectivity index (χ4n) is 2.66. The highest BCUT2D eigenvalue weighted by Gasteiger charge is 2.33. The van der Waals surface area contributed by atoms with Crippen LogP contribution in [-0.4, -0.2) is 64.8 Å². The minimum Gasteiger partial charge on any atom is -0.480 e. The number of nitrogens with one attached hydrogen (secondary N) is 3. The molecule has 32 heavy (non-hydrogen) atoms. The average Bonchev–Trinajstić information content (AvgIpc) is 2.65. The molecule has 0 radical (unpaired) electrons. The second-order valence-electron chi connectivity index (χ2n) is 8.14. The van der Waals surface area contributed by atoms with Gasteiger partial charge in [-0.25, -0.2) is 4.79 Å². The molecule has 0 aliphatic heterocycles. The Balaban J connectivity index is 5.41. The summed E-state index contributed by atoms with van der Waals surface area (Å²) in [6.07, 6.45) is -0.803. The molecule has 10 N–H and O–H groups in total. The summed E-state index contributed by atoms with van der Waals surface area (Å²) in [4.78, 5) is 71.2. The first kappa shape index (κ1) is 28.8. The van der Waals surface area contributed by atoms with Crippen molar-refractivity contribution < 1.29 is 33.9 Å². The molecular formula is C19H34N6O7. The van der Waals surface area contributed by atoms with Crippen LogP contribution in [0.4, 0.5) is 0 Å². The lowest BCUT2D eigenvalue weighted by Crippen LogP contribution is -2.59. The third kappa shape index (κ3) is 10.2. The zero-order valence-corrected chi connectivity index (χ0v) is 18.7. The maximum atomic E-state index is 12.7. The SMILES string of the molecule is CC(C)C(NC(=O)C(NC(=O)C(CC(N)=O)NC(=O)C(N)CCC(N)=O)C(C)C)C(=O)O. The van der Waals surface area contributed by atoms with E-state index in [-0.39, 0.29) is 12.8 Å². The molecule has 0 fully saturated rings. The molecule has 4 unspecified atom stereocenters. The van der Waals surface area contributed by atoms with Crippen LogP contribution < -0.4 is 33.2 Å². The predicted molar refractivity (Wildman–Crippen MR) is 113 cm³/mol. The summed E-state index contributed by atoms with van der Waals surface area (Å²) in [6.45, 7) is 6.47. The molecule has 0 heterocycles. The summed E-state index contributed by atoms with van der Waals surface area (Å²) >= 11 is 0. The summed E-state index contributed by atoms with van der Waals surface area (Å²) in [5.41, 5.74) is 15.8. The number of carboxylic acid groups (broad SMARTS) is 1. The number of carbonyl (C=O) groups excluding carboxylic acids is 5. The first-order valence-electron chi connectivity index (χ1n) is 10.1. The Morgan fingerprint density at radius 2 is 1.25 bits per heavy atom. The number of carbonyl (C=O) groups is 6. The molecule has 0 aliphatic carbocycles. The zero-order chi connectivity index (χ0) is 25.2. The topological polar surface area (TPSA) is 237 Å². The van der Waals surface area contributed by atoms with Crippen LogP contribution in [0, 0.1) is 11.8 Å². The van der Waals surface area contributed by atoms with Crippen molar-refractivity contribution in [2.45, 2.75) is 71.1 Å². The van der Waals surface area contributed by atoms with E-state index in [2.05, 4.69) is 16.0 Å². The Morgan fingerprint density at radius 1 is 0.750 bits per heavy atom. The molecule has 13 heteroatoms. The van der Waals surface area contributed by atoms with Crippen molar-refractivity contribution >= 4 is 35.5 Å². The molecule has 0 spiro atoms. The second-order valence-corrected chi connectivity index (χ2v) is 8.14. The number of hydrogen-bond donors (Lipinski definition) is 7. The maximum absolute atomic E-state index is 12.7. The van der Waals surface area contributed by atoms with Crippen molar-refractivity contribution in [3.8, 4) is 0 Å². The molecule has 0 aliphatic rings. The van der Waals surface area contributed by atoms with Crippen molar-refractivity contribution in [3.05, 3.63) is 0 Å². The molecular weight excluding hydrogens is 424 g/mol. The van der Waals surface area contributed by atoms with E-state index in [1.54, 1.807) is 27.7 Å². The smallest absolute Gasteiger partial charge is 0.326 e. The van der Waals surface area contributed by atoms with Crippen molar-refractivity contribution in [1.82, 2.24) is 16.0 Å². The molecule has 0 bridgehead atoms. The van der Waals surface area contributed by atoms with Gasteiger partial charge in [-0.3, -0.25) is 24.0 Å². The Kier molecular flexibility index (Phi) is 11.9. The van der Waals surface area contributed by atoms with Gasteiger partial charge in [0.25, 0.3) is 0 Å². The van der Waals surface area contributed by atoms with Crippen LogP contribution in [0.1, 0.15) is 47.0 Å². The van der Waals surface area contributed by atoms with Crippen molar-refractivity contribution in [3.63, 3.8) is 0 Å². The van der Waals surface area contributed by atoms with Gasteiger partial charge in [0.2, 0.25) is 29.5 Å². The van der Waals surface area contributed by atoms with Crippen LogP contribution in [0.5, 0.6) is 0 Å². The lowest BCUT2D eigenvalue weighted by atomic mass is 9.99. The number of carboxylic acids is 1. The highest BCUT2D eigenvalue weighted by molar-refractivity contribution is 5.96. The number of rotatable bonds is 14. The van der Waals surface area contributed by atoms with E-state index in [0.717, 1.165) is 0 Å². The van der Waals surface area contributed by atoms with E-state index in [1.165, 1.54) is 0 Å². The Labute approximate surface area is 186 Å². The Bertz CT molecular complexity index is 725. The normalized spacial score (nSPS) is 14.7. The highest BCUT2D eigenvalue weighted by atomic mass is 16.4. The van der Waals surface area contributed by atoms with Crippen LogP contribution in [0.2, 0.25) is 0 Å². The minimum absolute atomic E-state index is 0.0745. The molecule has 182 valence electrons. The van der Waals surface area contributed by atoms with Crippen LogP contribution in [0.3, 0.4) is 0 Å². The fraction of sp³-hybridized carbons (Fsp3) is 0.684. The van der Waals surface area contributed by atoms with Crippen molar-refractivity contribution in [1.29, 1.82) is 0 Å². The van der Waals surface area contributed by atoms with E-state index >= 15 is 0 Å². The van der Waals surface area contributed by atoms with Gasteiger partial charge in [0, 0.05) is 6.42 Å². The van der Waals surface area contributed by atoms with E-state index in [4.69, 9.17) is 17.2 Å². The van der Waals surface area contributed by atoms with E-state index in [1.807, 2.05) is 0 Å². The van der Waals surface area contributed by atoms with Gasteiger partial charge in [-0.1, -0.05) is 27.7 Å². The number of nitrogens with two attached hydrogens (primary N) is 3. The minimum atomic E-state index is -1.44. The van der Waals surface area contributed by atoms with Gasteiger partial charge in [-0.15, -0.1) is 0 Å². The molecule has 0 saturated carbocycles. The summed E-state index contributed by atoms with van der Waals surface area (Å²) in [7, 11) is 0. The third-order valence-corrected chi connectivity index (χ3v) is 4.55. The summed E-state index contributed by atoms with van der Waals surface area (Å²) in [5.74, 6) is -6.10. The molecule has 13 nitrogen and oxygen atoms in total. The molecule has 0 saturated heterocycles. The van der Waals surface area contributed by atoms with Gasteiger partial charge in [-0.2, -0.15) is 0 Å². The number of primary amides is 2. The van der Waals surface area contributed by atoms with Gasteiger partial charge in [0.05, 0.1) is 12.5 Å². The molecule has 5 amide bonds. The van der Waals surface area contributed by atoms with Gasteiger partial charge >= 0.3 is 5.97 Å². The number of aliphatic carboxylic acids is 1. The average molecular weight is 459 g/mol. The summed E-state index contributed by atoms with van der Waals surface area (Å²) in [5, 5.41) is 16.3. The first-order valence-corrected chi connectivity index (χ1v) is 10.1. The molecule has 0 aromatic carbocycles. The monoisotopic (exact) mass is 458 g/mol. The predicted octanol–water partition coefficient (Wildman–Crippen LogP) is -2.69. The highest BCUT2D eigenvalue weighted by Crippen LogP contribution is 2.08. The lowest BCUT2D eigenvalue weighted by Gasteiger charge is -2.27. The van der Waals surface area contributed by atoms with Gasteiger partial charge in [0.1, 0.15) is 18.1 Å². The molecule has 0 aromatic heterocycles. The van der Waals surface area contributed by atoms with E-state index < -0.39 is 77.9 Å². The maximum Gasteiger partial charge on any atom is 0.326 e. The van der Waals surface area contributed by atoms with Gasteiger partial charge in [0.15, 0.2) is 0 Å². The van der Waals surface area contributed by atoms with Gasteiger partial charge in [-0.05, 0) is 18.3 Å². The van der Waals surface area contributed by atoms with Crippen LogP contribution in [0.25, 0.3) is 0 Å².